The second kappa shape index (κ2) is 5.39. The van der Waals surface area contributed by atoms with Gasteiger partial charge in [0.25, 0.3) is 0 Å². The second-order valence-corrected chi connectivity index (χ2v) is 5.05. The van der Waals surface area contributed by atoms with Crippen molar-refractivity contribution in [3.05, 3.63) is 29.3 Å². The zero-order valence-corrected chi connectivity index (χ0v) is 10.4. The molecule has 2 nitrogen and oxygen atoms in total. The molecule has 1 N–H and O–H groups in total. The molecule has 1 aromatic carbocycles. The predicted octanol–water partition coefficient (Wildman–Crippen LogP) is 3.10. The van der Waals surface area contributed by atoms with Crippen molar-refractivity contribution in [2.45, 2.75) is 43.9 Å². The van der Waals surface area contributed by atoms with E-state index in [9.17, 15) is 4.79 Å². The second-order valence-electron chi connectivity index (χ2n) is 4.20. The SMILES string of the molecule is CCCCCc1ccc2c(c1)SNC(=O)C2. The molecule has 1 aliphatic rings. The van der Waals surface area contributed by atoms with Gasteiger partial charge in [-0.25, -0.2) is 0 Å². The van der Waals surface area contributed by atoms with Gasteiger partial charge in [-0.05, 0) is 42.0 Å². The number of amides is 1. The summed E-state index contributed by atoms with van der Waals surface area (Å²) in [6.07, 6.45) is 5.48. The maximum absolute atomic E-state index is 11.2. The van der Waals surface area contributed by atoms with Gasteiger partial charge in [-0.1, -0.05) is 31.9 Å². The van der Waals surface area contributed by atoms with E-state index >= 15 is 0 Å². The predicted molar refractivity (Wildman–Crippen MR) is 67.4 cm³/mol. The number of nitrogens with one attached hydrogen (secondary N) is 1. The van der Waals surface area contributed by atoms with E-state index in [0.29, 0.717) is 6.42 Å². The summed E-state index contributed by atoms with van der Waals surface area (Å²) in [5.41, 5.74) is 2.55. The summed E-state index contributed by atoms with van der Waals surface area (Å²) >= 11 is 1.45. The molecule has 0 spiro atoms. The number of benzene rings is 1. The third kappa shape index (κ3) is 2.79. The Kier molecular flexibility index (Phi) is 3.88. The summed E-state index contributed by atoms with van der Waals surface area (Å²) < 4.78 is 2.81. The number of carbonyl (C=O) groups is 1. The molecule has 0 saturated heterocycles. The highest BCUT2D eigenvalue weighted by Gasteiger charge is 2.15. The van der Waals surface area contributed by atoms with Gasteiger partial charge >= 0.3 is 0 Å². The van der Waals surface area contributed by atoms with Crippen LogP contribution in [-0.2, 0) is 17.6 Å². The van der Waals surface area contributed by atoms with Crippen molar-refractivity contribution >= 4 is 17.9 Å². The van der Waals surface area contributed by atoms with Gasteiger partial charge in [-0.3, -0.25) is 9.52 Å². The summed E-state index contributed by atoms with van der Waals surface area (Å²) in [5.74, 6) is 0.108. The topological polar surface area (TPSA) is 29.1 Å². The third-order valence-electron chi connectivity index (χ3n) is 2.83. The zero-order valence-electron chi connectivity index (χ0n) is 9.58. The Morgan fingerprint density at radius 2 is 2.25 bits per heavy atom. The molecule has 0 aliphatic carbocycles. The molecule has 86 valence electrons. The number of hydrogen-bond donors (Lipinski definition) is 1. The molecule has 0 radical (unpaired) electrons. The van der Waals surface area contributed by atoms with E-state index in [4.69, 9.17) is 0 Å². The lowest BCUT2D eigenvalue weighted by Gasteiger charge is -2.16. The first-order valence-corrected chi connectivity index (χ1v) is 6.68. The third-order valence-corrected chi connectivity index (χ3v) is 3.76. The Morgan fingerprint density at radius 3 is 3.06 bits per heavy atom. The van der Waals surface area contributed by atoms with Crippen molar-refractivity contribution in [2.75, 3.05) is 0 Å². The minimum Gasteiger partial charge on any atom is -0.296 e. The van der Waals surface area contributed by atoms with Crippen molar-refractivity contribution < 1.29 is 4.79 Å². The van der Waals surface area contributed by atoms with E-state index in [0.717, 1.165) is 12.0 Å². The first kappa shape index (κ1) is 11.5. The van der Waals surface area contributed by atoms with Crippen LogP contribution in [0.25, 0.3) is 0 Å². The van der Waals surface area contributed by atoms with Crippen LogP contribution in [0.5, 0.6) is 0 Å². The first-order valence-electron chi connectivity index (χ1n) is 5.87. The van der Waals surface area contributed by atoms with Gasteiger partial charge in [0.2, 0.25) is 5.91 Å². The molecule has 1 amide bonds. The van der Waals surface area contributed by atoms with E-state index in [1.807, 2.05) is 0 Å². The maximum atomic E-state index is 11.2. The van der Waals surface area contributed by atoms with Crippen LogP contribution < -0.4 is 4.72 Å². The summed E-state index contributed by atoms with van der Waals surface area (Å²) in [7, 11) is 0. The molecule has 1 heterocycles. The van der Waals surface area contributed by atoms with E-state index < -0.39 is 0 Å². The van der Waals surface area contributed by atoms with Crippen molar-refractivity contribution in [1.29, 1.82) is 0 Å². The van der Waals surface area contributed by atoms with Crippen molar-refractivity contribution in [2.24, 2.45) is 0 Å². The number of aryl methyl sites for hydroxylation is 1. The summed E-state index contributed by atoms with van der Waals surface area (Å²) in [4.78, 5) is 12.4. The monoisotopic (exact) mass is 235 g/mol. The maximum Gasteiger partial charge on any atom is 0.234 e. The van der Waals surface area contributed by atoms with Gasteiger partial charge in [0.1, 0.15) is 0 Å². The van der Waals surface area contributed by atoms with Crippen LogP contribution in [0.4, 0.5) is 0 Å². The van der Waals surface area contributed by atoms with Crippen LogP contribution in [0, 0.1) is 0 Å². The van der Waals surface area contributed by atoms with Gasteiger partial charge in [0.05, 0.1) is 6.42 Å². The van der Waals surface area contributed by atoms with Gasteiger partial charge in [-0.2, -0.15) is 0 Å². The lowest BCUT2D eigenvalue weighted by atomic mass is 10.0. The van der Waals surface area contributed by atoms with Crippen molar-refractivity contribution in [1.82, 2.24) is 4.72 Å². The van der Waals surface area contributed by atoms with Crippen LogP contribution in [0.3, 0.4) is 0 Å². The lowest BCUT2D eigenvalue weighted by Crippen LogP contribution is -2.22. The Balaban J connectivity index is 2.04. The van der Waals surface area contributed by atoms with Crippen LogP contribution in [0.1, 0.15) is 37.3 Å². The Morgan fingerprint density at radius 1 is 1.38 bits per heavy atom. The minimum absolute atomic E-state index is 0.108. The first-order chi connectivity index (χ1) is 7.79. The molecule has 0 fully saturated rings. The average Bonchev–Trinajstić information content (AvgIpc) is 2.29. The summed E-state index contributed by atoms with van der Waals surface area (Å²) in [5, 5.41) is 0. The molecule has 0 bridgehead atoms. The molecule has 0 saturated carbocycles. The van der Waals surface area contributed by atoms with E-state index in [1.165, 1.54) is 41.7 Å². The highest BCUT2D eigenvalue weighted by Crippen LogP contribution is 2.26. The molecule has 16 heavy (non-hydrogen) atoms. The molecule has 0 unspecified atom stereocenters. The largest absolute Gasteiger partial charge is 0.296 e. The van der Waals surface area contributed by atoms with Gasteiger partial charge < -0.3 is 0 Å². The normalized spacial score (nSPS) is 14.4. The number of unbranched alkanes of at least 4 members (excludes halogenated alkanes) is 2. The molecule has 1 aromatic rings. The molecular formula is C13H17NOS. The fraction of sp³-hybridized carbons (Fsp3) is 0.462. The van der Waals surface area contributed by atoms with E-state index in [-0.39, 0.29) is 5.91 Å². The number of rotatable bonds is 4. The number of fused-ring (bicyclic) bond motifs is 1. The highest BCUT2D eigenvalue weighted by molar-refractivity contribution is 7.98. The zero-order chi connectivity index (χ0) is 11.4. The average molecular weight is 235 g/mol. The fourth-order valence-electron chi connectivity index (χ4n) is 1.90. The van der Waals surface area contributed by atoms with Crippen molar-refractivity contribution in [3.8, 4) is 0 Å². The van der Waals surface area contributed by atoms with Crippen LogP contribution >= 0.6 is 11.9 Å². The smallest absolute Gasteiger partial charge is 0.234 e. The Labute approximate surface area is 101 Å². The molecule has 3 heteroatoms. The van der Waals surface area contributed by atoms with E-state index in [2.05, 4.69) is 29.8 Å². The highest BCUT2D eigenvalue weighted by atomic mass is 32.2. The Bertz CT molecular complexity index is 390. The Hall–Kier alpha value is -0.960. The quantitative estimate of drug-likeness (QED) is 0.642. The van der Waals surface area contributed by atoms with Crippen LogP contribution in [-0.4, -0.2) is 5.91 Å². The van der Waals surface area contributed by atoms with Crippen LogP contribution in [0.15, 0.2) is 23.1 Å². The van der Waals surface area contributed by atoms with E-state index in [1.54, 1.807) is 0 Å². The van der Waals surface area contributed by atoms with Crippen LogP contribution in [0.2, 0.25) is 0 Å². The molecule has 0 atom stereocenters. The minimum atomic E-state index is 0.108. The molecular weight excluding hydrogens is 218 g/mol. The molecule has 0 aromatic heterocycles. The summed E-state index contributed by atoms with van der Waals surface area (Å²) in [6, 6.07) is 6.48. The molecule has 2 rings (SSSR count). The van der Waals surface area contributed by atoms with Gasteiger partial charge in [0.15, 0.2) is 0 Å². The fourth-order valence-corrected chi connectivity index (χ4v) is 2.67. The number of hydrogen-bond acceptors (Lipinski definition) is 2. The van der Waals surface area contributed by atoms with Crippen molar-refractivity contribution in [3.63, 3.8) is 0 Å². The number of carbonyl (C=O) groups excluding carboxylic acids is 1. The van der Waals surface area contributed by atoms with Gasteiger partial charge in [0, 0.05) is 4.90 Å². The van der Waals surface area contributed by atoms with Gasteiger partial charge in [-0.15, -0.1) is 0 Å². The molecule has 1 aliphatic heterocycles. The standard InChI is InChI=1S/C13H17NOS/c1-2-3-4-5-10-6-7-11-9-13(15)14-16-12(11)8-10/h6-8H,2-5,9H2,1H3,(H,14,15). The summed E-state index contributed by atoms with van der Waals surface area (Å²) in [6.45, 7) is 2.22. The lowest BCUT2D eigenvalue weighted by molar-refractivity contribution is -0.118.